The van der Waals surface area contributed by atoms with E-state index in [-0.39, 0.29) is 17.5 Å². The first kappa shape index (κ1) is 13.6. The van der Waals surface area contributed by atoms with Gasteiger partial charge in [-0.15, -0.1) is 0 Å². The third-order valence-corrected chi connectivity index (χ3v) is 8.66. The summed E-state index contributed by atoms with van der Waals surface area (Å²) in [6.07, 6.45) is 10.1. The topological polar surface area (TPSA) is 26.3 Å². The molecule has 5 aliphatic rings. The highest BCUT2D eigenvalue weighted by molar-refractivity contribution is 5.80. The Bertz CT molecular complexity index is 580. The number of carbonyl (C=O) groups excluding carboxylic acids is 1. The van der Waals surface area contributed by atoms with Crippen LogP contribution in [0.15, 0.2) is 12.2 Å². The summed E-state index contributed by atoms with van der Waals surface area (Å²) in [6.45, 7) is 9.11. The molecule has 0 aromatic carbocycles. The van der Waals surface area contributed by atoms with E-state index in [1.807, 2.05) is 0 Å². The van der Waals surface area contributed by atoms with E-state index in [2.05, 4.69) is 20.4 Å². The van der Waals surface area contributed by atoms with Crippen LogP contribution in [0.2, 0.25) is 0 Å². The van der Waals surface area contributed by atoms with Crippen molar-refractivity contribution >= 4 is 5.97 Å². The molecule has 2 unspecified atom stereocenters. The molecule has 22 heavy (non-hydrogen) atoms. The molecule has 2 bridgehead atoms. The average molecular weight is 300 g/mol. The second kappa shape index (κ2) is 3.82. The maximum atomic E-state index is 12.6. The van der Waals surface area contributed by atoms with Crippen LogP contribution in [-0.2, 0) is 9.53 Å². The molecular weight excluding hydrogens is 272 g/mol. The molecule has 0 amide bonds. The maximum absolute atomic E-state index is 12.6. The molecule has 1 aliphatic heterocycles. The summed E-state index contributed by atoms with van der Waals surface area (Å²) in [5, 5.41) is 0. The fourth-order valence-corrected chi connectivity index (χ4v) is 8.11. The van der Waals surface area contributed by atoms with Crippen molar-refractivity contribution in [2.24, 2.45) is 34.0 Å². The van der Waals surface area contributed by atoms with Crippen LogP contribution in [0.3, 0.4) is 0 Å². The molecule has 0 aromatic heterocycles. The van der Waals surface area contributed by atoms with Crippen molar-refractivity contribution in [1.29, 1.82) is 0 Å². The van der Waals surface area contributed by atoms with Crippen molar-refractivity contribution in [3.63, 3.8) is 0 Å². The molecule has 5 fully saturated rings. The van der Waals surface area contributed by atoms with Crippen molar-refractivity contribution in [1.82, 2.24) is 0 Å². The minimum Gasteiger partial charge on any atom is -0.462 e. The van der Waals surface area contributed by atoms with Gasteiger partial charge in [-0.25, -0.2) is 0 Å². The summed E-state index contributed by atoms with van der Waals surface area (Å²) in [4.78, 5) is 12.6. The van der Waals surface area contributed by atoms with E-state index in [1.165, 1.54) is 44.1 Å². The van der Waals surface area contributed by atoms with Gasteiger partial charge in [0.15, 0.2) is 0 Å². The van der Waals surface area contributed by atoms with Crippen LogP contribution in [0.5, 0.6) is 0 Å². The SMILES string of the molecule is C=C1C[C@]23CC1CC[C@H]2[C@]1(C)CCC[C@@]2(C)C(=O)OC(C3)[C@@H]12. The lowest BCUT2D eigenvalue weighted by molar-refractivity contribution is -0.157. The van der Waals surface area contributed by atoms with E-state index in [0.717, 1.165) is 24.7 Å². The van der Waals surface area contributed by atoms with Crippen LogP contribution in [0.4, 0.5) is 0 Å². The van der Waals surface area contributed by atoms with Gasteiger partial charge in [0.2, 0.25) is 0 Å². The second-order valence-corrected chi connectivity index (χ2v) is 9.63. The van der Waals surface area contributed by atoms with Crippen molar-refractivity contribution in [3.8, 4) is 0 Å². The van der Waals surface area contributed by atoms with Crippen molar-refractivity contribution < 1.29 is 9.53 Å². The summed E-state index contributed by atoms with van der Waals surface area (Å²) in [5.41, 5.74) is 2.00. The lowest BCUT2D eigenvalue weighted by atomic mass is 9.41. The van der Waals surface area contributed by atoms with Gasteiger partial charge in [-0.2, -0.15) is 0 Å². The Kier molecular flexibility index (Phi) is 2.36. The zero-order valence-corrected chi connectivity index (χ0v) is 14.0. The van der Waals surface area contributed by atoms with Crippen molar-refractivity contribution in [2.75, 3.05) is 0 Å². The van der Waals surface area contributed by atoms with Gasteiger partial charge >= 0.3 is 5.97 Å². The fraction of sp³-hybridized carbons (Fsp3) is 0.850. The Labute approximate surface area is 133 Å². The van der Waals surface area contributed by atoms with Gasteiger partial charge in [-0.3, -0.25) is 4.79 Å². The number of hydrogen-bond donors (Lipinski definition) is 0. The molecule has 0 N–H and O–H groups in total. The second-order valence-electron chi connectivity index (χ2n) is 9.63. The number of rotatable bonds is 0. The molecule has 5 rings (SSSR count). The molecule has 1 spiro atoms. The van der Waals surface area contributed by atoms with E-state index >= 15 is 0 Å². The van der Waals surface area contributed by atoms with Crippen molar-refractivity contribution in [3.05, 3.63) is 12.2 Å². The van der Waals surface area contributed by atoms with Crippen LogP contribution in [0.25, 0.3) is 0 Å². The largest absolute Gasteiger partial charge is 0.462 e. The first-order valence-corrected chi connectivity index (χ1v) is 9.28. The number of carbonyl (C=O) groups is 1. The van der Waals surface area contributed by atoms with Crippen LogP contribution >= 0.6 is 0 Å². The number of esters is 1. The molecular formula is C20H28O2. The lowest BCUT2D eigenvalue weighted by Gasteiger charge is -2.62. The van der Waals surface area contributed by atoms with Gasteiger partial charge < -0.3 is 4.74 Å². The highest BCUT2D eigenvalue weighted by atomic mass is 16.6. The minimum atomic E-state index is -0.203. The van der Waals surface area contributed by atoms with Crippen LogP contribution in [-0.4, -0.2) is 12.1 Å². The Balaban J connectivity index is 1.65. The highest BCUT2D eigenvalue weighted by Gasteiger charge is 2.71. The Hall–Kier alpha value is -0.790. The van der Waals surface area contributed by atoms with Crippen LogP contribution in [0.1, 0.15) is 65.2 Å². The first-order valence-electron chi connectivity index (χ1n) is 9.28. The molecule has 7 atom stereocenters. The quantitative estimate of drug-likeness (QED) is 0.486. The van der Waals surface area contributed by atoms with Gasteiger partial charge in [0, 0.05) is 5.92 Å². The zero-order chi connectivity index (χ0) is 15.3. The lowest BCUT2D eigenvalue weighted by Crippen LogP contribution is -2.59. The first-order chi connectivity index (χ1) is 10.4. The molecule has 2 nitrogen and oxygen atoms in total. The Morgan fingerprint density at radius 1 is 1.18 bits per heavy atom. The number of fused-ring (bicyclic) bond motifs is 2. The molecule has 120 valence electrons. The maximum Gasteiger partial charge on any atom is 0.312 e. The molecule has 1 saturated heterocycles. The molecule has 1 heterocycles. The predicted molar refractivity (Wildman–Crippen MR) is 85.1 cm³/mol. The van der Waals surface area contributed by atoms with Crippen molar-refractivity contribution in [2.45, 2.75) is 71.3 Å². The number of allylic oxidation sites excluding steroid dienone is 1. The van der Waals surface area contributed by atoms with E-state index in [4.69, 9.17) is 4.74 Å². The minimum absolute atomic E-state index is 0.108. The zero-order valence-electron chi connectivity index (χ0n) is 14.0. The van der Waals surface area contributed by atoms with E-state index in [9.17, 15) is 4.79 Å². The Morgan fingerprint density at radius 3 is 2.82 bits per heavy atom. The summed E-state index contributed by atoms with van der Waals surface area (Å²) in [5.74, 6) is 2.11. The summed E-state index contributed by atoms with van der Waals surface area (Å²) in [6, 6.07) is 0. The molecule has 4 aliphatic carbocycles. The van der Waals surface area contributed by atoms with Gasteiger partial charge in [0.25, 0.3) is 0 Å². The monoisotopic (exact) mass is 300 g/mol. The number of ether oxygens (including phenoxy) is 1. The molecule has 2 heteroatoms. The van der Waals surface area contributed by atoms with Gasteiger partial charge in [-0.1, -0.05) is 25.5 Å². The highest BCUT2D eigenvalue weighted by Crippen LogP contribution is 2.74. The molecule has 4 saturated carbocycles. The summed E-state index contributed by atoms with van der Waals surface area (Å²) >= 11 is 0. The third kappa shape index (κ3) is 1.33. The normalized spacial score (nSPS) is 59.0. The molecule has 0 radical (unpaired) electrons. The average Bonchev–Trinajstić information content (AvgIpc) is 2.82. The van der Waals surface area contributed by atoms with Gasteiger partial charge in [-0.05, 0) is 74.5 Å². The number of hydrogen-bond acceptors (Lipinski definition) is 2. The third-order valence-electron chi connectivity index (χ3n) is 8.66. The standard InChI is InChI=1S/C20H28O2/c1-12-9-20-10-13(12)5-6-15(20)18(2)7-4-8-19(3)16(18)14(11-20)22-17(19)21/h13-16H,1,4-11H2,2-3H3/t13?,14?,15-,16-,18-,19+,20+/m0/s1. The van der Waals surface area contributed by atoms with Gasteiger partial charge in [0.1, 0.15) is 6.10 Å². The van der Waals surface area contributed by atoms with E-state index in [0.29, 0.717) is 16.7 Å². The predicted octanol–water partition coefficient (Wildman–Crippen LogP) is 4.49. The van der Waals surface area contributed by atoms with E-state index in [1.54, 1.807) is 0 Å². The van der Waals surface area contributed by atoms with Crippen LogP contribution in [0, 0.1) is 34.0 Å². The summed E-state index contributed by atoms with van der Waals surface area (Å²) < 4.78 is 6.01. The summed E-state index contributed by atoms with van der Waals surface area (Å²) in [7, 11) is 0. The fourth-order valence-electron chi connectivity index (χ4n) is 8.11. The molecule has 0 aromatic rings. The van der Waals surface area contributed by atoms with Crippen LogP contribution < -0.4 is 0 Å². The van der Waals surface area contributed by atoms with E-state index < -0.39 is 0 Å². The smallest absolute Gasteiger partial charge is 0.312 e. The Morgan fingerprint density at radius 2 is 2.00 bits per heavy atom. The van der Waals surface area contributed by atoms with Gasteiger partial charge in [0.05, 0.1) is 5.41 Å².